The highest BCUT2D eigenvalue weighted by atomic mass is 16.2. The topological polar surface area (TPSA) is 77.1 Å². The molecule has 0 spiro atoms. The summed E-state index contributed by atoms with van der Waals surface area (Å²) in [5, 5.41) is 7.69. The molecule has 0 bridgehead atoms. The van der Waals surface area contributed by atoms with Crippen molar-refractivity contribution in [2.75, 3.05) is 17.3 Å². The van der Waals surface area contributed by atoms with E-state index in [0.717, 1.165) is 11.3 Å². The fourth-order valence-electron chi connectivity index (χ4n) is 3.55. The normalized spacial score (nSPS) is 18.8. The molecule has 8 nitrogen and oxygen atoms in total. The molecule has 1 aliphatic rings. The van der Waals surface area contributed by atoms with E-state index in [9.17, 15) is 9.59 Å². The Morgan fingerprint density at radius 3 is 2.41 bits per heavy atom. The number of aryl methyl sites for hydroxylation is 2. The molecular weight excluding hydrogens is 344 g/mol. The van der Waals surface area contributed by atoms with E-state index in [-0.39, 0.29) is 11.2 Å². The summed E-state index contributed by atoms with van der Waals surface area (Å²) in [5.74, 6) is 0.521. The second kappa shape index (κ2) is 6.61. The number of nitrogens with one attached hydrogen (secondary N) is 1. The zero-order valence-electron chi connectivity index (χ0n) is 16.5. The molecule has 0 amide bonds. The van der Waals surface area contributed by atoms with Crippen LogP contribution in [0.25, 0.3) is 6.08 Å². The predicted molar refractivity (Wildman–Crippen MR) is 108 cm³/mol. The molecule has 3 rings (SSSR count). The summed E-state index contributed by atoms with van der Waals surface area (Å²) in [6.45, 7) is 10.4. The lowest BCUT2D eigenvalue weighted by Crippen LogP contribution is -2.46. The molecule has 3 heterocycles. The summed E-state index contributed by atoms with van der Waals surface area (Å²) in [4.78, 5) is 27.4. The second-order valence-electron chi connectivity index (χ2n) is 6.66. The molecular formula is C19H26N6O2. The fourth-order valence-corrected chi connectivity index (χ4v) is 3.55. The molecule has 144 valence electrons. The van der Waals surface area contributed by atoms with Gasteiger partial charge in [-0.05, 0) is 32.9 Å². The lowest BCUT2D eigenvalue weighted by molar-refractivity contribution is 0.597. The minimum Gasteiger partial charge on any atom is -0.340 e. The number of fused-ring (bicyclic) bond motifs is 1. The third-order valence-electron chi connectivity index (χ3n) is 5.12. The molecule has 0 fully saturated rings. The van der Waals surface area contributed by atoms with Gasteiger partial charge in [-0.3, -0.25) is 18.6 Å². The third-order valence-corrected chi connectivity index (χ3v) is 5.12. The average Bonchev–Trinajstić information content (AvgIpc) is 3.10. The highest BCUT2D eigenvalue weighted by molar-refractivity contribution is 5.77. The predicted octanol–water partition coefficient (Wildman–Crippen LogP) is 1.55. The Bertz CT molecular complexity index is 1040. The first kappa shape index (κ1) is 18.8. The zero-order valence-corrected chi connectivity index (χ0v) is 16.5. The molecule has 1 unspecified atom stereocenters. The zero-order chi connectivity index (χ0) is 19.9. The SMILES string of the molecule is C=CC1(/C=C/c2cn(C)nc2C)Nc2c(c(=O)n(CC)c(=O)n2CC)N1C. The maximum Gasteiger partial charge on any atom is 0.332 e. The Morgan fingerprint density at radius 1 is 1.22 bits per heavy atom. The van der Waals surface area contributed by atoms with Crippen LogP contribution in [0.1, 0.15) is 25.1 Å². The summed E-state index contributed by atoms with van der Waals surface area (Å²) in [7, 11) is 3.70. The summed E-state index contributed by atoms with van der Waals surface area (Å²) in [6.07, 6.45) is 7.54. The Kier molecular flexibility index (Phi) is 4.59. The minimum absolute atomic E-state index is 0.299. The van der Waals surface area contributed by atoms with E-state index in [2.05, 4.69) is 17.0 Å². The number of likely N-dealkylation sites (N-methyl/N-ethyl adjacent to an activating group) is 1. The molecule has 0 aliphatic carbocycles. The monoisotopic (exact) mass is 370 g/mol. The van der Waals surface area contributed by atoms with Crippen molar-refractivity contribution in [3.8, 4) is 0 Å². The number of hydrogen-bond acceptors (Lipinski definition) is 5. The molecule has 1 atom stereocenters. The van der Waals surface area contributed by atoms with Crippen molar-refractivity contribution in [2.45, 2.75) is 39.5 Å². The first-order valence-corrected chi connectivity index (χ1v) is 9.02. The molecule has 2 aromatic heterocycles. The maximum atomic E-state index is 12.9. The lowest BCUT2D eigenvalue weighted by atomic mass is 10.1. The van der Waals surface area contributed by atoms with E-state index in [4.69, 9.17) is 0 Å². The van der Waals surface area contributed by atoms with Crippen molar-refractivity contribution >= 4 is 17.6 Å². The van der Waals surface area contributed by atoms with Gasteiger partial charge in [0.05, 0.1) is 5.69 Å². The number of rotatable bonds is 5. The van der Waals surface area contributed by atoms with Gasteiger partial charge in [-0.15, -0.1) is 0 Å². The number of aromatic nitrogens is 4. The van der Waals surface area contributed by atoms with Gasteiger partial charge in [-0.1, -0.05) is 12.7 Å². The smallest absolute Gasteiger partial charge is 0.332 e. The first-order chi connectivity index (χ1) is 12.8. The van der Waals surface area contributed by atoms with Gasteiger partial charge in [0.1, 0.15) is 11.5 Å². The number of hydrogen-bond donors (Lipinski definition) is 1. The molecule has 0 aromatic carbocycles. The summed E-state index contributed by atoms with van der Waals surface area (Å²) < 4.78 is 4.60. The van der Waals surface area contributed by atoms with Gasteiger partial charge in [0.15, 0.2) is 5.66 Å². The van der Waals surface area contributed by atoms with Crippen LogP contribution in [0, 0.1) is 6.92 Å². The Hall–Kier alpha value is -3.03. The third kappa shape index (κ3) is 2.72. The molecule has 2 aromatic rings. The van der Waals surface area contributed by atoms with Crippen LogP contribution in [0.15, 0.2) is 34.5 Å². The van der Waals surface area contributed by atoms with Crippen LogP contribution in [-0.2, 0) is 20.1 Å². The summed E-state index contributed by atoms with van der Waals surface area (Å²) in [5.41, 5.74) is 0.919. The van der Waals surface area contributed by atoms with Gasteiger partial charge in [-0.2, -0.15) is 5.10 Å². The summed E-state index contributed by atoms with van der Waals surface area (Å²) in [6, 6.07) is 0. The van der Waals surface area contributed by atoms with Crippen molar-refractivity contribution in [2.24, 2.45) is 7.05 Å². The van der Waals surface area contributed by atoms with Crippen LogP contribution in [0.4, 0.5) is 11.5 Å². The van der Waals surface area contributed by atoms with Gasteiger partial charge in [-0.25, -0.2) is 4.79 Å². The van der Waals surface area contributed by atoms with Gasteiger partial charge >= 0.3 is 5.69 Å². The van der Waals surface area contributed by atoms with Crippen LogP contribution >= 0.6 is 0 Å². The first-order valence-electron chi connectivity index (χ1n) is 9.02. The molecule has 0 saturated heterocycles. The molecule has 27 heavy (non-hydrogen) atoms. The van der Waals surface area contributed by atoms with Crippen molar-refractivity contribution in [1.29, 1.82) is 0 Å². The standard InChI is InChI=1S/C19H26N6O2/c1-7-19(11-10-14-12-22(5)21-13(14)4)20-16-15(23(19)6)17(26)25(9-3)18(27)24(16)8-2/h7,10-12,20H,1,8-9H2,2-6H3/b11-10+. The van der Waals surface area contributed by atoms with E-state index in [0.29, 0.717) is 24.6 Å². The van der Waals surface area contributed by atoms with Crippen molar-refractivity contribution in [3.63, 3.8) is 0 Å². The second-order valence-corrected chi connectivity index (χ2v) is 6.66. The van der Waals surface area contributed by atoms with Gasteiger partial charge in [0.2, 0.25) is 0 Å². The number of nitrogens with zero attached hydrogens (tertiary/aromatic N) is 5. The molecule has 0 radical (unpaired) electrons. The lowest BCUT2D eigenvalue weighted by Gasteiger charge is -2.31. The van der Waals surface area contributed by atoms with E-state index >= 15 is 0 Å². The van der Waals surface area contributed by atoms with E-state index < -0.39 is 5.66 Å². The Balaban J connectivity index is 2.16. The quantitative estimate of drug-likeness (QED) is 0.808. The van der Waals surface area contributed by atoms with Gasteiger partial charge in [0.25, 0.3) is 5.56 Å². The van der Waals surface area contributed by atoms with Crippen LogP contribution in [0.5, 0.6) is 0 Å². The van der Waals surface area contributed by atoms with Crippen LogP contribution in [0.3, 0.4) is 0 Å². The average molecular weight is 370 g/mol. The fraction of sp³-hybridized carbons (Fsp3) is 0.421. The molecule has 1 aliphatic heterocycles. The molecule has 8 heteroatoms. The van der Waals surface area contributed by atoms with E-state index in [1.165, 1.54) is 4.57 Å². The summed E-state index contributed by atoms with van der Waals surface area (Å²) >= 11 is 0. The molecule has 0 saturated carbocycles. The van der Waals surface area contributed by atoms with Crippen molar-refractivity contribution in [3.05, 3.63) is 57.0 Å². The van der Waals surface area contributed by atoms with Crippen molar-refractivity contribution in [1.82, 2.24) is 18.9 Å². The van der Waals surface area contributed by atoms with Gasteiger partial charge in [0, 0.05) is 38.9 Å². The number of anilines is 2. The molecule has 1 N–H and O–H groups in total. The van der Waals surface area contributed by atoms with Gasteiger partial charge < -0.3 is 10.2 Å². The van der Waals surface area contributed by atoms with Crippen LogP contribution < -0.4 is 21.5 Å². The van der Waals surface area contributed by atoms with E-state index in [1.54, 1.807) is 22.2 Å². The minimum atomic E-state index is -0.819. The highest BCUT2D eigenvalue weighted by Gasteiger charge is 2.41. The Morgan fingerprint density at radius 2 is 1.89 bits per heavy atom. The maximum absolute atomic E-state index is 12.9. The highest BCUT2D eigenvalue weighted by Crippen LogP contribution is 2.37. The Labute approximate surface area is 158 Å². The van der Waals surface area contributed by atoms with Crippen molar-refractivity contribution < 1.29 is 0 Å². The van der Waals surface area contributed by atoms with E-state index in [1.807, 2.05) is 51.2 Å². The van der Waals surface area contributed by atoms with Crippen LogP contribution in [-0.4, -0.2) is 31.6 Å². The van der Waals surface area contributed by atoms with Crippen LogP contribution in [0.2, 0.25) is 0 Å². The largest absolute Gasteiger partial charge is 0.340 e.